The van der Waals surface area contributed by atoms with Crippen LogP contribution in [0.25, 0.3) is 0 Å². The molecule has 1 amide bonds. The van der Waals surface area contributed by atoms with Gasteiger partial charge in [0.05, 0.1) is 24.4 Å². The number of carbonyl (C=O) groups is 1. The van der Waals surface area contributed by atoms with Crippen LogP contribution in [0.2, 0.25) is 0 Å². The molecule has 1 aromatic rings. The maximum absolute atomic E-state index is 12.3. The Labute approximate surface area is 136 Å². The average Bonchev–Trinajstić information content (AvgIpc) is 2.45. The van der Waals surface area contributed by atoms with Gasteiger partial charge < -0.3 is 10.1 Å². The lowest BCUT2D eigenvalue weighted by Gasteiger charge is -2.34. The van der Waals surface area contributed by atoms with E-state index in [9.17, 15) is 4.79 Å². The van der Waals surface area contributed by atoms with Gasteiger partial charge in [0.2, 0.25) is 5.91 Å². The molecule has 4 nitrogen and oxygen atoms in total. The molecule has 1 saturated heterocycles. The Morgan fingerprint density at radius 1 is 1.41 bits per heavy atom. The molecule has 0 saturated carbocycles. The number of nitrogens with one attached hydrogen (secondary N) is 1. The van der Waals surface area contributed by atoms with E-state index in [1.165, 1.54) is 0 Å². The van der Waals surface area contributed by atoms with Crippen LogP contribution >= 0.6 is 11.8 Å². The van der Waals surface area contributed by atoms with Crippen molar-refractivity contribution >= 4 is 23.4 Å². The molecule has 2 rings (SSSR count). The van der Waals surface area contributed by atoms with Crippen LogP contribution in [0.4, 0.5) is 5.69 Å². The third-order valence-corrected chi connectivity index (χ3v) is 4.45. The Morgan fingerprint density at radius 3 is 2.77 bits per heavy atom. The lowest BCUT2D eigenvalue weighted by Crippen LogP contribution is -2.48. The van der Waals surface area contributed by atoms with Gasteiger partial charge in [-0.25, -0.2) is 0 Å². The molecule has 22 heavy (non-hydrogen) atoms. The first kappa shape index (κ1) is 17.1. The van der Waals surface area contributed by atoms with Crippen molar-refractivity contribution in [2.45, 2.75) is 31.0 Å². The highest BCUT2D eigenvalue weighted by Crippen LogP contribution is 2.26. The number of morpholine rings is 1. The van der Waals surface area contributed by atoms with E-state index < -0.39 is 0 Å². The Kier molecular flexibility index (Phi) is 6.49. The van der Waals surface area contributed by atoms with Crippen molar-refractivity contribution in [1.82, 2.24) is 4.90 Å². The number of anilines is 1. The van der Waals surface area contributed by atoms with E-state index in [0.717, 1.165) is 29.4 Å². The van der Waals surface area contributed by atoms with Crippen LogP contribution in [0.15, 0.2) is 41.8 Å². The molecule has 1 heterocycles. The smallest absolute Gasteiger partial charge is 0.238 e. The van der Waals surface area contributed by atoms with Crippen LogP contribution in [0, 0.1) is 0 Å². The Balaban J connectivity index is 1.93. The number of benzene rings is 1. The zero-order valence-electron chi connectivity index (χ0n) is 13.2. The van der Waals surface area contributed by atoms with E-state index in [0.29, 0.717) is 6.54 Å². The number of hydrogen-bond donors (Lipinski definition) is 1. The molecular weight excluding hydrogens is 296 g/mol. The molecular formula is C17H24N2O2S. The molecule has 2 unspecified atom stereocenters. The summed E-state index contributed by atoms with van der Waals surface area (Å²) in [5, 5.41) is 3.02. The Morgan fingerprint density at radius 2 is 2.09 bits per heavy atom. The standard InChI is InChI=1S/C17H24N2O2S/c1-4-9-22-16-8-6-5-7-15(16)18-17(20)12-19-10-13(2)21-14(3)11-19/h4-8,13-14H,1,9-12H2,2-3H3,(H,18,20). The molecule has 2 atom stereocenters. The van der Waals surface area contributed by atoms with E-state index in [4.69, 9.17) is 4.74 Å². The predicted octanol–water partition coefficient (Wildman–Crippen LogP) is 3.01. The molecule has 0 aromatic heterocycles. The molecule has 0 bridgehead atoms. The maximum atomic E-state index is 12.3. The minimum Gasteiger partial charge on any atom is -0.373 e. The van der Waals surface area contributed by atoms with Gasteiger partial charge in [-0.1, -0.05) is 18.2 Å². The van der Waals surface area contributed by atoms with Gasteiger partial charge in [0, 0.05) is 23.7 Å². The second-order valence-corrected chi connectivity index (χ2v) is 6.66. The first-order valence-corrected chi connectivity index (χ1v) is 8.57. The van der Waals surface area contributed by atoms with Crippen molar-refractivity contribution in [3.63, 3.8) is 0 Å². The summed E-state index contributed by atoms with van der Waals surface area (Å²) in [5.41, 5.74) is 0.869. The zero-order valence-corrected chi connectivity index (χ0v) is 14.1. The van der Waals surface area contributed by atoms with E-state index >= 15 is 0 Å². The fourth-order valence-electron chi connectivity index (χ4n) is 2.65. The van der Waals surface area contributed by atoms with Gasteiger partial charge in [-0.05, 0) is 26.0 Å². The molecule has 120 valence electrons. The van der Waals surface area contributed by atoms with Gasteiger partial charge in [0.15, 0.2) is 0 Å². The van der Waals surface area contributed by atoms with Crippen LogP contribution in [0.5, 0.6) is 0 Å². The van der Waals surface area contributed by atoms with Gasteiger partial charge in [0.1, 0.15) is 0 Å². The number of amides is 1. The highest BCUT2D eigenvalue weighted by molar-refractivity contribution is 7.99. The highest BCUT2D eigenvalue weighted by Gasteiger charge is 2.23. The predicted molar refractivity (Wildman–Crippen MR) is 92.4 cm³/mol. The van der Waals surface area contributed by atoms with Crippen molar-refractivity contribution in [3.8, 4) is 0 Å². The monoisotopic (exact) mass is 320 g/mol. The van der Waals surface area contributed by atoms with Crippen LogP contribution in [-0.2, 0) is 9.53 Å². The molecule has 0 radical (unpaired) electrons. The van der Waals surface area contributed by atoms with E-state index in [-0.39, 0.29) is 18.1 Å². The fraction of sp³-hybridized carbons (Fsp3) is 0.471. The number of para-hydroxylation sites is 1. The van der Waals surface area contributed by atoms with Crippen molar-refractivity contribution in [2.24, 2.45) is 0 Å². The number of thioether (sulfide) groups is 1. The molecule has 1 fully saturated rings. The summed E-state index contributed by atoms with van der Waals surface area (Å²) >= 11 is 1.67. The summed E-state index contributed by atoms with van der Waals surface area (Å²) in [6.07, 6.45) is 2.21. The van der Waals surface area contributed by atoms with Gasteiger partial charge in [-0.15, -0.1) is 18.3 Å². The topological polar surface area (TPSA) is 41.6 Å². The minimum absolute atomic E-state index is 0.0213. The summed E-state index contributed by atoms with van der Waals surface area (Å²) < 4.78 is 5.69. The van der Waals surface area contributed by atoms with Crippen LogP contribution in [0.3, 0.4) is 0 Å². The van der Waals surface area contributed by atoms with E-state index in [2.05, 4.69) is 16.8 Å². The number of rotatable bonds is 6. The molecule has 1 aliphatic heterocycles. The summed E-state index contributed by atoms with van der Waals surface area (Å²) in [4.78, 5) is 15.5. The summed E-state index contributed by atoms with van der Waals surface area (Å²) in [7, 11) is 0. The number of nitrogens with zero attached hydrogens (tertiary/aromatic N) is 1. The second kappa shape index (κ2) is 8.36. The molecule has 1 N–H and O–H groups in total. The number of ether oxygens (including phenoxy) is 1. The van der Waals surface area contributed by atoms with Crippen LogP contribution < -0.4 is 5.32 Å². The quantitative estimate of drug-likeness (QED) is 0.646. The van der Waals surface area contributed by atoms with Gasteiger partial charge in [0.25, 0.3) is 0 Å². The molecule has 0 spiro atoms. The third kappa shape index (κ3) is 5.16. The normalized spacial score (nSPS) is 22.3. The first-order valence-electron chi connectivity index (χ1n) is 7.59. The SMILES string of the molecule is C=CCSc1ccccc1NC(=O)CN1CC(C)OC(C)C1. The molecule has 0 aliphatic carbocycles. The summed E-state index contributed by atoms with van der Waals surface area (Å²) in [6.45, 7) is 9.81. The Bertz CT molecular complexity index is 511. The van der Waals surface area contributed by atoms with Crippen molar-refractivity contribution in [3.05, 3.63) is 36.9 Å². The fourth-order valence-corrected chi connectivity index (χ4v) is 3.40. The number of carbonyl (C=O) groups excluding carboxylic acids is 1. The number of hydrogen-bond acceptors (Lipinski definition) is 4. The van der Waals surface area contributed by atoms with Crippen LogP contribution in [-0.4, -0.2) is 48.4 Å². The van der Waals surface area contributed by atoms with E-state index in [1.807, 2.05) is 44.2 Å². The Hall–Kier alpha value is -1.30. The van der Waals surface area contributed by atoms with Crippen molar-refractivity contribution < 1.29 is 9.53 Å². The van der Waals surface area contributed by atoms with E-state index in [1.54, 1.807) is 11.8 Å². The largest absolute Gasteiger partial charge is 0.373 e. The molecule has 1 aliphatic rings. The first-order chi connectivity index (χ1) is 10.6. The molecule has 5 heteroatoms. The van der Waals surface area contributed by atoms with Gasteiger partial charge >= 0.3 is 0 Å². The maximum Gasteiger partial charge on any atom is 0.238 e. The minimum atomic E-state index is 0.0213. The van der Waals surface area contributed by atoms with Crippen molar-refractivity contribution in [2.75, 3.05) is 30.7 Å². The lowest BCUT2D eigenvalue weighted by molar-refractivity contribution is -0.121. The lowest BCUT2D eigenvalue weighted by atomic mass is 10.2. The zero-order chi connectivity index (χ0) is 15.9. The summed E-state index contributed by atoms with van der Waals surface area (Å²) in [5.74, 6) is 0.846. The highest BCUT2D eigenvalue weighted by atomic mass is 32.2. The molecule has 1 aromatic carbocycles. The van der Waals surface area contributed by atoms with Crippen molar-refractivity contribution in [1.29, 1.82) is 0 Å². The van der Waals surface area contributed by atoms with Gasteiger partial charge in [-0.3, -0.25) is 9.69 Å². The third-order valence-electron chi connectivity index (χ3n) is 3.38. The van der Waals surface area contributed by atoms with Gasteiger partial charge in [-0.2, -0.15) is 0 Å². The average molecular weight is 320 g/mol. The second-order valence-electron chi connectivity index (χ2n) is 5.60. The summed E-state index contributed by atoms with van der Waals surface area (Å²) in [6, 6.07) is 7.87. The van der Waals surface area contributed by atoms with Crippen LogP contribution in [0.1, 0.15) is 13.8 Å².